The number of benzene rings is 2. The van der Waals surface area contributed by atoms with E-state index in [0.29, 0.717) is 6.54 Å². The molecule has 2 aromatic rings. The summed E-state index contributed by atoms with van der Waals surface area (Å²) in [5, 5.41) is 23.5. The Balaban J connectivity index is 1.71. The highest BCUT2D eigenvalue weighted by molar-refractivity contribution is 7.86. The molecule has 0 unspecified atom stereocenters. The minimum absolute atomic E-state index is 0.0344. The molecule has 2 rings (SSSR count). The van der Waals surface area contributed by atoms with Crippen molar-refractivity contribution in [3.63, 3.8) is 0 Å². The zero-order chi connectivity index (χ0) is 27.1. The zero-order valence-electron chi connectivity index (χ0n) is 22.3. The number of anilines is 1. The molecule has 37 heavy (non-hydrogen) atoms. The van der Waals surface area contributed by atoms with Crippen LogP contribution in [0.2, 0.25) is 0 Å². The fourth-order valence-electron chi connectivity index (χ4n) is 4.92. The molecule has 0 aliphatic heterocycles. The third kappa shape index (κ3) is 10.2. The van der Waals surface area contributed by atoms with E-state index in [2.05, 4.69) is 12.2 Å². The Morgan fingerprint density at radius 1 is 0.757 bits per heavy atom. The van der Waals surface area contributed by atoms with Gasteiger partial charge in [-0.1, -0.05) is 128 Å². The van der Waals surface area contributed by atoms with Gasteiger partial charge in [-0.05, 0) is 6.42 Å². The molecule has 4 N–H and O–H groups in total. The molecular formula is C29H45NO6S. The second-order valence-electron chi connectivity index (χ2n) is 9.98. The molecule has 0 amide bonds. The van der Waals surface area contributed by atoms with Crippen molar-refractivity contribution in [2.75, 3.05) is 11.9 Å². The lowest BCUT2D eigenvalue weighted by Gasteiger charge is -2.17. The minimum atomic E-state index is -4.84. The van der Waals surface area contributed by atoms with E-state index in [4.69, 9.17) is 0 Å². The lowest BCUT2D eigenvalue weighted by molar-refractivity contribution is 0.0693. The summed E-state index contributed by atoms with van der Waals surface area (Å²) in [6.45, 7) is 2.64. The highest BCUT2D eigenvalue weighted by Gasteiger charge is 2.30. The molecular weight excluding hydrogens is 490 g/mol. The summed E-state index contributed by atoms with van der Waals surface area (Å²) in [6.07, 6.45) is 20.0. The van der Waals surface area contributed by atoms with Crippen molar-refractivity contribution in [1.82, 2.24) is 0 Å². The van der Waals surface area contributed by atoms with Gasteiger partial charge in [0.2, 0.25) is 0 Å². The maximum Gasteiger partial charge on any atom is 0.339 e. The summed E-state index contributed by atoms with van der Waals surface area (Å²) in [5.74, 6) is -1.87. The number of rotatable bonds is 20. The molecule has 0 aliphatic carbocycles. The monoisotopic (exact) mass is 535 g/mol. The Bertz CT molecular complexity index is 1080. The van der Waals surface area contributed by atoms with E-state index >= 15 is 0 Å². The highest BCUT2D eigenvalue weighted by Crippen LogP contribution is 2.41. The first-order valence-electron chi connectivity index (χ1n) is 14.0. The normalized spacial score (nSPS) is 11.7. The quantitative estimate of drug-likeness (QED) is 0.0765. The number of carboxylic acid groups (broad SMARTS) is 1. The Morgan fingerprint density at radius 3 is 1.62 bits per heavy atom. The summed E-state index contributed by atoms with van der Waals surface area (Å²) in [6, 6.07) is 5.98. The molecule has 0 saturated heterocycles. The molecule has 0 atom stereocenters. The fraction of sp³-hybridized carbons (Fsp3) is 0.621. The number of aromatic carboxylic acids is 1. The Hall–Kier alpha value is -2.32. The van der Waals surface area contributed by atoms with Gasteiger partial charge in [-0.25, -0.2) is 4.79 Å². The van der Waals surface area contributed by atoms with Crippen LogP contribution in [0.5, 0.6) is 5.75 Å². The third-order valence-corrected chi connectivity index (χ3v) is 7.88. The van der Waals surface area contributed by atoms with Gasteiger partial charge >= 0.3 is 5.97 Å². The number of unbranched alkanes of at least 4 members (excludes halogenated alkanes) is 15. The van der Waals surface area contributed by atoms with E-state index in [1.54, 1.807) is 6.07 Å². The summed E-state index contributed by atoms with van der Waals surface area (Å²) in [4.78, 5) is 11.2. The molecule has 0 fully saturated rings. The summed E-state index contributed by atoms with van der Waals surface area (Å²) >= 11 is 0. The first-order chi connectivity index (χ1) is 17.8. The second kappa shape index (κ2) is 16.5. The number of hydrogen-bond acceptors (Lipinski definition) is 5. The van der Waals surface area contributed by atoms with Crippen LogP contribution in [0.1, 0.15) is 120 Å². The topological polar surface area (TPSA) is 124 Å². The van der Waals surface area contributed by atoms with E-state index in [0.717, 1.165) is 25.7 Å². The molecule has 7 nitrogen and oxygen atoms in total. The Labute approximate surface area is 222 Å². The summed E-state index contributed by atoms with van der Waals surface area (Å²) in [7, 11) is -4.84. The first-order valence-corrected chi connectivity index (χ1v) is 15.4. The van der Waals surface area contributed by atoms with E-state index in [1.165, 1.54) is 95.2 Å². The third-order valence-electron chi connectivity index (χ3n) is 6.94. The second-order valence-corrected chi connectivity index (χ2v) is 11.3. The SMILES string of the molecule is CCCCCCCCCCCCCCCCCCNc1c(C(=O)O)c(S(=O)(=O)O)c2ccccc2c1O. The Kier molecular flexibility index (Phi) is 13.8. The van der Waals surface area contributed by atoms with Crippen LogP contribution >= 0.6 is 0 Å². The number of nitrogens with one attached hydrogen (secondary N) is 1. The van der Waals surface area contributed by atoms with Gasteiger partial charge in [0, 0.05) is 17.3 Å². The van der Waals surface area contributed by atoms with E-state index < -0.39 is 26.5 Å². The van der Waals surface area contributed by atoms with E-state index in [1.807, 2.05) is 0 Å². The predicted molar refractivity (Wildman–Crippen MR) is 150 cm³/mol. The number of hydrogen-bond donors (Lipinski definition) is 4. The molecule has 0 spiro atoms. The van der Waals surface area contributed by atoms with Crippen molar-refractivity contribution in [2.24, 2.45) is 0 Å². The van der Waals surface area contributed by atoms with Gasteiger partial charge in [0.1, 0.15) is 16.2 Å². The molecule has 208 valence electrons. The molecule has 0 bridgehead atoms. The molecule has 0 aromatic heterocycles. The van der Waals surface area contributed by atoms with Crippen LogP contribution in [0.15, 0.2) is 29.2 Å². The van der Waals surface area contributed by atoms with Crippen molar-refractivity contribution >= 4 is 32.5 Å². The maximum absolute atomic E-state index is 12.1. The van der Waals surface area contributed by atoms with Gasteiger partial charge < -0.3 is 15.5 Å². The molecule has 8 heteroatoms. The number of phenolic OH excluding ortho intramolecular Hbond substituents is 1. The lowest BCUT2D eigenvalue weighted by atomic mass is 10.0. The van der Waals surface area contributed by atoms with Gasteiger partial charge in [-0.15, -0.1) is 0 Å². The first kappa shape index (κ1) is 30.9. The minimum Gasteiger partial charge on any atom is -0.505 e. The average molecular weight is 536 g/mol. The van der Waals surface area contributed by atoms with Crippen LogP contribution in [-0.4, -0.2) is 35.7 Å². The average Bonchev–Trinajstić information content (AvgIpc) is 2.86. The standard InChI is InChI=1S/C29H45NO6S/c1-2-3-4-5-6-7-8-9-10-11-12-13-14-15-16-19-22-30-26-25(29(32)33)28(37(34,35)36)24-21-18-17-20-23(24)27(26)31/h17-18,20-21,30-31H,2-16,19,22H2,1H3,(H,32,33)(H,34,35,36). The smallest absolute Gasteiger partial charge is 0.339 e. The zero-order valence-corrected chi connectivity index (χ0v) is 23.1. The van der Waals surface area contributed by atoms with Gasteiger partial charge in [-0.2, -0.15) is 8.42 Å². The molecule has 0 heterocycles. The van der Waals surface area contributed by atoms with Crippen molar-refractivity contribution in [1.29, 1.82) is 0 Å². The predicted octanol–water partition coefficient (Wildman–Crippen LogP) is 8.16. The van der Waals surface area contributed by atoms with Crippen molar-refractivity contribution in [3.05, 3.63) is 29.8 Å². The van der Waals surface area contributed by atoms with Crippen LogP contribution in [0, 0.1) is 0 Å². The molecule has 0 saturated carbocycles. The molecule has 2 aromatic carbocycles. The van der Waals surface area contributed by atoms with Crippen molar-refractivity contribution in [2.45, 2.75) is 115 Å². The molecule has 0 aliphatic rings. The Morgan fingerprint density at radius 2 is 1.19 bits per heavy atom. The van der Waals surface area contributed by atoms with Crippen LogP contribution in [0.4, 0.5) is 5.69 Å². The van der Waals surface area contributed by atoms with E-state index in [-0.39, 0.29) is 22.2 Å². The van der Waals surface area contributed by atoms with Gasteiger partial charge in [0.05, 0.1) is 5.69 Å². The van der Waals surface area contributed by atoms with Crippen LogP contribution in [-0.2, 0) is 10.1 Å². The molecule has 0 radical (unpaired) electrons. The fourth-order valence-corrected chi connectivity index (χ4v) is 5.82. The van der Waals surface area contributed by atoms with Crippen LogP contribution in [0.3, 0.4) is 0 Å². The summed E-state index contributed by atoms with van der Waals surface area (Å²) < 4.78 is 33.9. The van der Waals surface area contributed by atoms with Crippen molar-refractivity contribution in [3.8, 4) is 5.75 Å². The highest BCUT2D eigenvalue weighted by atomic mass is 32.2. The van der Waals surface area contributed by atoms with Gasteiger partial charge in [-0.3, -0.25) is 4.55 Å². The number of carbonyl (C=O) groups is 1. The lowest BCUT2D eigenvalue weighted by Crippen LogP contribution is -2.14. The number of fused-ring (bicyclic) bond motifs is 1. The number of aromatic hydroxyl groups is 1. The van der Waals surface area contributed by atoms with Crippen LogP contribution < -0.4 is 5.32 Å². The largest absolute Gasteiger partial charge is 0.505 e. The number of carboxylic acids is 1. The maximum atomic E-state index is 12.1. The number of phenols is 1. The van der Waals surface area contributed by atoms with Gasteiger partial charge in [0.15, 0.2) is 0 Å². The van der Waals surface area contributed by atoms with E-state index in [9.17, 15) is 28.0 Å². The van der Waals surface area contributed by atoms with Gasteiger partial charge in [0.25, 0.3) is 10.1 Å². The summed E-state index contributed by atoms with van der Waals surface area (Å²) in [5.41, 5.74) is -0.824. The van der Waals surface area contributed by atoms with Crippen molar-refractivity contribution < 1.29 is 28.0 Å². The van der Waals surface area contributed by atoms with Crippen LogP contribution in [0.25, 0.3) is 10.8 Å².